The number of aliphatic hydroxyl groups is 1. The number of rotatable bonds is 7. The van der Waals surface area contributed by atoms with Crippen LogP contribution >= 0.6 is 0 Å². The minimum Gasteiger partial charge on any atom is -0.458 e. The second-order valence-electron chi connectivity index (χ2n) is 10.2. The molecule has 2 heterocycles. The highest BCUT2D eigenvalue weighted by Gasteiger charge is 2.31. The molecule has 5 aromatic rings. The molecule has 0 saturated carbocycles. The predicted octanol–water partition coefficient (Wildman–Crippen LogP) is 6.46. The minimum atomic E-state index is -1.31. The zero-order valence-electron chi connectivity index (χ0n) is 22.2. The molecular formula is C33H32N2O3. The first-order valence-corrected chi connectivity index (χ1v) is 12.8. The van der Waals surface area contributed by atoms with Crippen LogP contribution in [0.4, 0.5) is 0 Å². The van der Waals surface area contributed by atoms with E-state index in [4.69, 9.17) is 4.42 Å². The van der Waals surface area contributed by atoms with Crippen LogP contribution in [-0.4, -0.2) is 16.0 Å². The normalized spacial score (nSPS) is 13.7. The molecule has 1 amide bonds. The number of fused-ring (bicyclic) bond motifs is 1. The van der Waals surface area contributed by atoms with Crippen LogP contribution in [0.5, 0.6) is 0 Å². The van der Waals surface area contributed by atoms with Gasteiger partial charge in [-0.15, -0.1) is 0 Å². The van der Waals surface area contributed by atoms with Crippen LogP contribution in [0.25, 0.3) is 11.0 Å². The molecule has 0 radical (unpaired) electrons. The third-order valence-electron chi connectivity index (χ3n) is 7.14. The van der Waals surface area contributed by atoms with Crippen LogP contribution in [0.3, 0.4) is 0 Å². The molecule has 2 atom stereocenters. The summed E-state index contributed by atoms with van der Waals surface area (Å²) in [4.78, 5) is 17.4. The lowest BCUT2D eigenvalue weighted by atomic mass is 9.91. The molecule has 0 aliphatic rings. The van der Waals surface area contributed by atoms with Gasteiger partial charge < -0.3 is 14.8 Å². The quantitative estimate of drug-likeness (QED) is 0.267. The molecule has 2 N–H and O–H groups in total. The van der Waals surface area contributed by atoms with Gasteiger partial charge in [-0.2, -0.15) is 0 Å². The Balaban J connectivity index is 1.39. The molecular weight excluding hydrogens is 472 g/mol. The summed E-state index contributed by atoms with van der Waals surface area (Å²) < 4.78 is 6.03. The Labute approximate surface area is 223 Å². The first kappa shape index (κ1) is 25.4. The Kier molecular flexibility index (Phi) is 6.87. The molecule has 2 aromatic heterocycles. The molecule has 5 nitrogen and oxygen atoms in total. The van der Waals surface area contributed by atoms with Crippen molar-refractivity contribution in [3.05, 3.63) is 136 Å². The van der Waals surface area contributed by atoms with Crippen molar-refractivity contribution in [2.24, 2.45) is 0 Å². The number of hydrogen-bond acceptors (Lipinski definition) is 4. The van der Waals surface area contributed by atoms with Gasteiger partial charge in [0.2, 0.25) is 5.91 Å². The van der Waals surface area contributed by atoms with Crippen molar-refractivity contribution in [1.82, 2.24) is 10.3 Å². The van der Waals surface area contributed by atoms with Crippen LogP contribution in [-0.2, 0) is 16.8 Å². The summed E-state index contributed by atoms with van der Waals surface area (Å²) >= 11 is 0. The van der Waals surface area contributed by atoms with Crippen molar-refractivity contribution < 1.29 is 14.3 Å². The Bertz CT molecular complexity index is 1600. The van der Waals surface area contributed by atoms with Gasteiger partial charge in [0.15, 0.2) is 0 Å². The predicted molar refractivity (Wildman–Crippen MR) is 150 cm³/mol. The number of nitrogens with zero attached hydrogens (tertiary/aromatic N) is 1. The van der Waals surface area contributed by atoms with Gasteiger partial charge in [0.1, 0.15) is 16.9 Å². The molecule has 192 valence electrons. The highest BCUT2D eigenvalue weighted by Crippen LogP contribution is 2.35. The topological polar surface area (TPSA) is 75.4 Å². The molecule has 0 saturated heterocycles. The molecule has 38 heavy (non-hydrogen) atoms. The summed E-state index contributed by atoms with van der Waals surface area (Å²) in [5, 5.41) is 15.4. The summed E-state index contributed by atoms with van der Waals surface area (Å²) in [6.07, 6.45) is 3.62. The third-order valence-corrected chi connectivity index (χ3v) is 7.14. The Morgan fingerprint density at radius 2 is 1.76 bits per heavy atom. The number of aromatic nitrogens is 1. The van der Waals surface area contributed by atoms with Gasteiger partial charge in [-0.25, -0.2) is 0 Å². The molecule has 0 bridgehead atoms. The second-order valence-corrected chi connectivity index (χ2v) is 10.2. The van der Waals surface area contributed by atoms with E-state index in [9.17, 15) is 9.90 Å². The SMILES string of the molecule is Cc1ccc([C@@H](NC(=O)Cc2ccc3oc(C(C)(O)c4ccncc4C)cc3c2)c2ccccc2)c(C)c1. The lowest BCUT2D eigenvalue weighted by Gasteiger charge is -2.22. The van der Waals surface area contributed by atoms with Gasteiger partial charge in [-0.3, -0.25) is 9.78 Å². The fourth-order valence-corrected chi connectivity index (χ4v) is 5.13. The molecule has 0 aliphatic carbocycles. The summed E-state index contributed by atoms with van der Waals surface area (Å²) in [6.45, 7) is 7.79. The van der Waals surface area contributed by atoms with E-state index in [-0.39, 0.29) is 18.4 Å². The van der Waals surface area contributed by atoms with Gasteiger partial charge in [0.25, 0.3) is 0 Å². The molecule has 3 aromatic carbocycles. The largest absolute Gasteiger partial charge is 0.458 e. The highest BCUT2D eigenvalue weighted by molar-refractivity contribution is 5.83. The minimum absolute atomic E-state index is 0.0682. The standard InChI is InChI=1S/C33H32N2O3/c1-21-10-12-27(22(2)16-21)32(25-8-6-5-7-9-25)35-31(36)18-24-11-13-29-26(17-24)19-30(38-29)33(4,37)28-14-15-34-20-23(28)3/h5-17,19-20,32,37H,18H2,1-4H3,(H,35,36)/t32-,33?/m0/s1. The number of hydrogen-bond donors (Lipinski definition) is 2. The number of carbonyl (C=O) groups is 1. The van der Waals surface area contributed by atoms with E-state index in [1.165, 1.54) is 5.56 Å². The van der Waals surface area contributed by atoms with Gasteiger partial charge in [-0.05, 0) is 85.3 Å². The molecule has 5 rings (SSSR count). The van der Waals surface area contributed by atoms with Gasteiger partial charge in [0, 0.05) is 17.8 Å². The summed E-state index contributed by atoms with van der Waals surface area (Å²) in [6, 6.07) is 25.5. The fraction of sp³-hybridized carbons (Fsp3) is 0.212. The summed E-state index contributed by atoms with van der Waals surface area (Å²) in [7, 11) is 0. The van der Waals surface area contributed by atoms with Crippen LogP contribution < -0.4 is 5.32 Å². The lowest BCUT2D eigenvalue weighted by Crippen LogP contribution is -2.31. The maximum absolute atomic E-state index is 13.3. The lowest BCUT2D eigenvalue weighted by molar-refractivity contribution is -0.120. The van der Waals surface area contributed by atoms with Crippen LogP contribution in [0.1, 0.15) is 57.7 Å². The number of nitrogens with one attached hydrogen (secondary N) is 1. The molecule has 0 fully saturated rings. The van der Waals surface area contributed by atoms with Crippen LogP contribution in [0.15, 0.2) is 95.7 Å². The van der Waals surface area contributed by atoms with E-state index < -0.39 is 5.60 Å². The third kappa shape index (κ3) is 5.11. The molecule has 5 heteroatoms. The Hall–Kier alpha value is -4.22. The van der Waals surface area contributed by atoms with Crippen molar-refractivity contribution in [3.63, 3.8) is 0 Å². The number of aryl methyl sites for hydroxylation is 3. The van der Waals surface area contributed by atoms with Crippen molar-refractivity contribution in [3.8, 4) is 0 Å². The van der Waals surface area contributed by atoms with Gasteiger partial charge in [0.05, 0.1) is 12.5 Å². The van der Waals surface area contributed by atoms with Crippen LogP contribution in [0, 0.1) is 20.8 Å². The first-order valence-electron chi connectivity index (χ1n) is 12.8. The van der Waals surface area contributed by atoms with E-state index >= 15 is 0 Å². The van der Waals surface area contributed by atoms with Gasteiger partial charge >= 0.3 is 0 Å². The van der Waals surface area contributed by atoms with Crippen molar-refractivity contribution in [1.29, 1.82) is 0 Å². The number of furan rings is 1. The summed E-state index contributed by atoms with van der Waals surface area (Å²) in [5.74, 6) is 0.378. The zero-order chi connectivity index (χ0) is 26.9. The average molecular weight is 505 g/mol. The maximum atomic E-state index is 13.3. The van der Waals surface area contributed by atoms with Gasteiger partial charge in [-0.1, -0.05) is 60.2 Å². The van der Waals surface area contributed by atoms with E-state index in [1.807, 2.05) is 61.5 Å². The summed E-state index contributed by atoms with van der Waals surface area (Å²) in [5.41, 5.74) is 6.30. The molecule has 0 aliphatic heterocycles. The highest BCUT2D eigenvalue weighted by atomic mass is 16.4. The Morgan fingerprint density at radius 1 is 0.974 bits per heavy atom. The first-order chi connectivity index (χ1) is 18.2. The smallest absolute Gasteiger partial charge is 0.225 e. The van der Waals surface area contributed by atoms with Crippen molar-refractivity contribution in [2.75, 3.05) is 0 Å². The number of pyridine rings is 1. The maximum Gasteiger partial charge on any atom is 0.225 e. The van der Waals surface area contributed by atoms with Crippen molar-refractivity contribution >= 4 is 16.9 Å². The second kappa shape index (κ2) is 10.3. The number of carbonyl (C=O) groups excluding carboxylic acids is 1. The zero-order valence-corrected chi connectivity index (χ0v) is 22.2. The van der Waals surface area contributed by atoms with E-state index in [2.05, 4.69) is 42.3 Å². The molecule has 1 unspecified atom stereocenters. The number of amides is 1. The average Bonchev–Trinajstić information content (AvgIpc) is 3.33. The van der Waals surface area contributed by atoms with Crippen molar-refractivity contribution in [2.45, 2.75) is 45.8 Å². The van der Waals surface area contributed by atoms with E-state index in [0.717, 1.165) is 38.8 Å². The Morgan fingerprint density at radius 3 is 2.50 bits per heavy atom. The van der Waals surface area contributed by atoms with E-state index in [0.29, 0.717) is 11.3 Å². The van der Waals surface area contributed by atoms with E-state index in [1.54, 1.807) is 25.4 Å². The molecule has 0 spiro atoms. The van der Waals surface area contributed by atoms with Crippen LogP contribution in [0.2, 0.25) is 0 Å². The monoisotopic (exact) mass is 504 g/mol. The number of benzene rings is 3. The fourth-order valence-electron chi connectivity index (χ4n) is 5.13.